The number of pyridine rings is 1. The molecule has 4 aromatic rings. The zero-order valence-electron chi connectivity index (χ0n) is 17.0. The maximum absolute atomic E-state index is 11.8. The van der Waals surface area contributed by atoms with E-state index in [1.807, 2.05) is 42.5 Å². The van der Waals surface area contributed by atoms with Crippen LogP contribution in [0.2, 0.25) is 0 Å². The Balaban J connectivity index is 1.87. The van der Waals surface area contributed by atoms with Gasteiger partial charge in [0.25, 0.3) is 5.91 Å². The van der Waals surface area contributed by atoms with Crippen LogP contribution in [0.25, 0.3) is 33.8 Å². The number of carbonyl (C=O) groups excluding carboxylic acids is 1. The number of nitrogens with zero attached hydrogens (tertiary/aromatic N) is 7. The lowest BCUT2D eigenvalue weighted by Crippen LogP contribution is -2.14. The molecule has 4 heterocycles. The van der Waals surface area contributed by atoms with E-state index >= 15 is 0 Å². The van der Waals surface area contributed by atoms with E-state index in [4.69, 9.17) is 10.7 Å². The summed E-state index contributed by atoms with van der Waals surface area (Å²) in [5.41, 5.74) is 9.76. The second-order valence-corrected chi connectivity index (χ2v) is 7.23. The Morgan fingerprint density at radius 3 is 2.72 bits per heavy atom. The average molecular weight is 392 g/mol. The molecule has 0 radical (unpaired) electrons. The van der Waals surface area contributed by atoms with Crippen molar-refractivity contribution < 1.29 is 4.79 Å². The number of aryl methyl sites for hydroxylation is 4. The Morgan fingerprint density at radius 1 is 1.21 bits per heavy atom. The maximum atomic E-state index is 11.8. The molecule has 0 atom stereocenters. The molecule has 0 saturated carbocycles. The molecule has 0 spiro atoms. The third kappa shape index (κ3) is 3.28. The molecule has 4 aromatic heterocycles. The van der Waals surface area contributed by atoms with E-state index < -0.39 is 5.91 Å². The molecule has 29 heavy (non-hydrogen) atoms. The van der Waals surface area contributed by atoms with Gasteiger partial charge in [-0.2, -0.15) is 10.2 Å². The molecule has 2 N–H and O–H groups in total. The summed E-state index contributed by atoms with van der Waals surface area (Å²) in [4.78, 5) is 21.2. The van der Waals surface area contributed by atoms with Gasteiger partial charge in [-0.1, -0.05) is 13.3 Å². The zero-order valence-corrected chi connectivity index (χ0v) is 17.0. The molecule has 4 rings (SSSR count). The minimum absolute atomic E-state index is 0.185. The van der Waals surface area contributed by atoms with Gasteiger partial charge in [-0.15, -0.1) is 0 Å². The van der Waals surface area contributed by atoms with Gasteiger partial charge in [-0.3, -0.25) is 14.2 Å². The van der Waals surface area contributed by atoms with Crippen LogP contribution >= 0.6 is 0 Å². The zero-order chi connectivity index (χ0) is 20.7. The van der Waals surface area contributed by atoms with Crippen LogP contribution in [0.4, 0.5) is 0 Å². The number of rotatable bonds is 6. The van der Waals surface area contributed by atoms with E-state index in [2.05, 4.69) is 22.1 Å². The Morgan fingerprint density at radius 2 is 2.00 bits per heavy atom. The van der Waals surface area contributed by atoms with Crippen LogP contribution in [0, 0.1) is 6.92 Å². The van der Waals surface area contributed by atoms with E-state index in [-0.39, 0.29) is 5.69 Å². The van der Waals surface area contributed by atoms with Gasteiger partial charge in [-0.25, -0.2) is 9.97 Å². The number of unbranched alkanes of at least 4 members (excludes halogenated alkanes) is 1. The molecule has 1 amide bonds. The number of imidazole rings is 1. The van der Waals surface area contributed by atoms with E-state index in [1.165, 1.54) is 0 Å². The lowest BCUT2D eigenvalue weighted by atomic mass is 10.2. The highest BCUT2D eigenvalue weighted by molar-refractivity contribution is 5.99. The lowest BCUT2D eigenvalue weighted by Gasteiger charge is -2.05. The van der Waals surface area contributed by atoms with Crippen LogP contribution in [-0.2, 0) is 20.6 Å². The topological polar surface area (TPSA) is 109 Å². The van der Waals surface area contributed by atoms with Gasteiger partial charge in [0.1, 0.15) is 17.1 Å². The third-order valence-corrected chi connectivity index (χ3v) is 4.97. The van der Waals surface area contributed by atoms with Crippen molar-refractivity contribution in [3.63, 3.8) is 0 Å². The van der Waals surface area contributed by atoms with Crippen LogP contribution in [0.3, 0.4) is 0 Å². The first kappa shape index (κ1) is 18.9. The molecule has 150 valence electrons. The smallest absolute Gasteiger partial charge is 0.267 e. The molecule has 9 heteroatoms. The molecule has 0 aromatic carbocycles. The molecular weight excluding hydrogens is 368 g/mol. The van der Waals surface area contributed by atoms with Crippen molar-refractivity contribution in [2.24, 2.45) is 19.8 Å². The molecule has 0 saturated heterocycles. The number of hydrogen-bond acceptors (Lipinski definition) is 5. The van der Waals surface area contributed by atoms with Gasteiger partial charge < -0.3 is 10.3 Å². The summed E-state index contributed by atoms with van der Waals surface area (Å²) in [7, 11) is 3.72. The first-order chi connectivity index (χ1) is 13.9. The van der Waals surface area contributed by atoms with E-state index in [9.17, 15) is 4.79 Å². The van der Waals surface area contributed by atoms with Crippen molar-refractivity contribution in [3.8, 4) is 22.9 Å². The summed E-state index contributed by atoms with van der Waals surface area (Å²) in [6.07, 6.45) is 5.82. The SMILES string of the molecule is CCCCn1nc(C)cc1-c1cn(C)c(-c2nc(C(N)=O)cc3c2cnn3C)n1. The Labute approximate surface area is 168 Å². The molecule has 0 unspecified atom stereocenters. The van der Waals surface area contributed by atoms with E-state index in [1.54, 1.807) is 16.9 Å². The number of nitrogens with two attached hydrogens (primary N) is 1. The van der Waals surface area contributed by atoms with Gasteiger partial charge in [0.05, 0.1) is 23.1 Å². The van der Waals surface area contributed by atoms with Crippen LogP contribution in [0.5, 0.6) is 0 Å². The van der Waals surface area contributed by atoms with E-state index in [0.29, 0.717) is 11.5 Å². The van der Waals surface area contributed by atoms with Gasteiger partial charge in [0.15, 0.2) is 5.82 Å². The highest BCUT2D eigenvalue weighted by Crippen LogP contribution is 2.29. The second-order valence-electron chi connectivity index (χ2n) is 7.23. The highest BCUT2D eigenvalue weighted by Gasteiger charge is 2.20. The fraction of sp³-hybridized carbons (Fsp3) is 0.350. The highest BCUT2D eigenvalue weighted by atomic mass is 16.1. The average Bonchev–Trinajstić information content (AvgIpc) is 3.36. The number of hydrogen-bond donors (Lipinski definition) is 1. The summed E-state index contributed by atoms with van der Waals surface area (Å²) in [6.45, 7) is 4.98. The molecule has 0 aliphatic carbocycles. The second kappa shape index (κ2) is 7.16. The van der Waals surface area contributed by atoms with Gasteiger partial charge in [0, 0.05) is 32.2 Å². The maximum Gasteiger partial charge on any atom is 0.267 e. The summed E-state index contributed by atoms with van der Waals surface area (Å²) in [5.74, 6) is 0.0547. The van der Waals surface area contributed by atoms with Crippen LogP contribution in [-0.4, -0.2) is 40.0 Å². The lowest BCUT2D eigenvalue weighted by molar-refractivity contribution is 0.0996. The van der Waals surface area contributed by atoms with Gasteiger partial charge >= 0.3 is 0 Å². The number of primary amides is 1. The molecule has 0 fully saturated rings. The summed E-state index contributed by atoms with van der Waals surface area (Å²) in [5, 5.41) is 9.72. The standard InChI is InChI=1S/C20H24N8O/c1-5-6-7-28-17(8-12(2)25-28)15-11-26(3)20(24-15)18-13-10-22-27(4)16(13)9-14(23-18)19(21)29/h8-11H,5-7H2,1-4H3,(H2,21,29). The van der Waals surface area contributed by atoms with Gasteiger partial charge in [-0.05, 0) is 25.5 Å². The van der Waals surface area contributed by atoms with Crippen molar-refractivity contribution >= 4 is 16.8 Å². The predicted molar refractivity (Wildman–Crippen MR) is 110 cm³/mol. The molecule has 9 nitrogen and oxygen atoms in total. The van der Waals surface area contributed by atoms with Crippen molar-refractivity contribution in [1.29, 1.82) is 0 Å². The Bertz CT molecular complexity index is 1210. The summed E-state index contributed by atoms with van der Waals surface area (Å²) in [6, 6.07) is 3.69. The van der Waals surface area contributed by atoms with Crippen molar-refractivity contribution in [2.75, 3.05) is 0 Å². The Kier molecular flexibility index (Phi) is 4.65. The van der Waals surface area contributed by atoms with Crippen LogP contribution in [0.15, 0.2) is 24.5 Å². The minimum Gasteiger partial charge on any atom is -0.364 e. The largest absolute Gasteiger partial charge is 0.364 e. The van der Waals surface area contributed by atoms with Crippen LogP contribution < -0.4 is 5.73 Å². The number of fused-ring (bicyclic) bond motifs is 1. The molecule has 0 aliphatic heterocycles. The summed E-state index contributed by atoms with van der Waals surface area (Å²) < 4.78 is 5.60. The van der Waals surface area contributed by atoms with E-state index in [0.717, 1.165) is 47.4 Å². The van der Waals surface area contributed by atoms with Crippen molar-refractivity contribution in [2.45, 2.75) is 33.2 Å². The first-order valence-electron chi connectivity index (χ1n) is 9.60. The number of amides is 1. The number of carbonyl (C=O) groups is 1. The molecule has 0 aliphatic rings. The first-order valence-corrected chi connectivity index (χ1v) is 9.60. The fourth-order valence-electron chi connectivity index (χ4n) is 3.48. The van der Waals surface area contributed by atoms with Gasteiger partial charge in [0.2, 0.25) is 0 Å². The van der Waals surface area contributed by atoms with Crippen LogP contribution in [0.1, 0.15) is 35.9 Å². The normalized spacial score (nSPS) is 11.4. The number of aromatic nitrogens is 7. The van der Waals surface area contributed by atoms with Crippen molar-refractivity contribution in [3.05, 3.63) is 35.9 Å². The third-order valence-electron chi connectivity index (χ3n) is 4.97. The quantitative estimate of drug-likeness (QED) is 0.542. The molecular formula is C20H24N8O. The minimum atomic E-state index is -0.586. The predicted octanol–water partition coefficient (Wildman–Crippen LogP) is 2.44. The van der Waals surface area contributed by atoms with Crippen molar-refractivity contribution in [1.82, 2.24) is 34.1 Å². The Hall–Kier alpha value is -3.49. The summed E-state index contributed by atoms with van der Waals surface area (Å²) >= 11 is 0. The molecule has 0 bridgehead atoms. The fourth-order valence-corrected chi connectivity index (χ4v) is 3.48. The monoisotopic (exact) mass is 392 g/mol.